The van der Waals surface area contributed by atoms with Gasteiger partial charge in [0.15, 0.2) is 0 Å². The monoisotopic (exact) mass is 532 g/mol. The Bertz CT molecular complexity index is 1070. The van der Waals surface area contributed by atoms with Crippen LogP contribution in [0.4, 0.5) is 0 Å². The fraction of sp³-hybridized carbons (Fsp3) is 0.757. The first-order valence-electron chi connectivity index (χ1n) is 16.3. The molecule has 1 aromatic rings. The van der Waals surface area contributed by atoms with Crippen molar-refractivity contribution in [3.05, 3.63) is 47.5 Å². The van der Waals surface area contributed by atoms with Crippen molar-refractivity contribution >= 4 is 5.97 Å². The van der Waals surface area contributed by atoms with Gasteiger partial charge in [-0.2, -0.15) is 0 Å². The Labute approximate surface area is 239 Å². The summed E-state index contributed by atoms with van der Waals surface area (Å²) in [6.07, 6.45) is 15.6. The van der Waals surface area contributed by atoms with E-state index in [1.807, 2.05) is 35.9 Å². The molecule has 39 heavy (non-hydrogen) atoms. The molecule has 0 N–H and O–H groups in total. The van der Waals surface area contributed by atoms with Gasteiger partial charge >= 0.3 is 5.97 Å². The Morgan fingerprint density at radius 3 is 2.33 bits per heavy atom. The molecule has 5 rings (SSSR count). The van der Waals surface area contributed by atoms with Crippen molar-refractivity contribution in [1.82, 2.24) is 0 Å². The number of allylic oxidation sites excluding steroid dienone is 2. The molecule has 0 amide bonds. The highest BCUT2D eigenvalue weighted by atomic mass is 16.5. The lowest BCUT2D eigenvalue weighted by atomic mass is 9.41. The van der Waals surface area contributed by atoms with Crippen LogP contribution >= 0.6 is 0 Å². The molecule has 0 heterocycles. The van der Waals surface area contributed by atoms with E-state index < -0.39 is 0 Å². The van der Waals surface area contributed by atoms with Crippen molar-refractivity contribution in [3.8, 4) is 0 Å². The number of carbonyl (C=O) groups excluding carboxylic acids is 1. The van der Waals surface area contributed by atoms with Gasteiger partial charge in [-0.3, -0.25) is 0 Å². The van der Waals surface area contributed by atoms with Crippen molar-refractivity contribution in [2.24, 2.45) is 51.2 Å². The predicted octanol–water partition coefficient (Wildman–Crippen LogP) is 10.3. The lowest BCUT2D eigenvalue weighted by molar-refractivity contribution is -0.135. The Morgan fingerprint density at radius 1 is 0.923 bits per heavy atom. The first kappa shape index (κ1) is 28.9. The van der Waals surface area contributed by atoms with Crippen LogP contribution in [-0.4, -0.2) is 12.1 Å². The minimum Gasteiger partial charge on any atom is -0.458 e. The number of rotatable bonds is 7. The number of hydrogen-bond donors (Lipinski definition) is 0. The number of hydrogen-bond acceptors (Lipinski definition) is 2. The van der Waals surface area contributed by atoms with Crippen molar-refractivity contribution in [2.45, 2.75) is 126 Å². The van der Waals surface area contributed by atoms with E-state index in [9.17, 15) is 4.79 Å². The summed E-state index contributed by atoms with van der Waals surface area (Å²) in [4.78, 5) is 13.0. The van der Waals surface area contributed by atoms with Crippen LogP contribution in [0.15, 0.2) is 42.0 Å². The van der Waals surface area contributed by atoms with Crippen LogP contribution < -0.4 is 0 Å². The molecule has 0 radical (unpaired) electrons. The number of fused-ring (bicyclic) bond motifs is 5. The van der Waals surface area contributed by atoms with E-state index in [1.54, 1.807) is 0 Å². The molecular weight excluding hydrogens is 476 g/mol. The largest absolute Gasteiger partial charge is 0.458 e. The van der Waals surface area contributed by atoms with Gasteiger partial charge in [0.25, 0.3) is 0 Å². The standard InChI is InChI=1S/C37H56O2/c1-25(2)13-12-14-26(3)28-19-23-37(8)30-17-18-31-34(4,5)32(39-33(38)27-15-10-9-11-16-27)21-22-35(31,6)29(30)20-24-36(28,37)7/h9-11,15-17,25-26,28-29,31-32H,12-14,18-24H2,1-8H3/t26-,28-,29+,31+,32+,35-,36-,37+/m1/s1. The van der Waals surface area contributed by atoms with E-state index in [2.05, 4.69) is 61.5 Å². The molecule has 0 spiro atoms. The van der Waals surface area contributed by atoms with Crippen LogP contribution in [0.25, 0.3) is 0 Å². The van der Waals surface area contributed by atoms with Crippen LogP contribution in [0.2, 0.25) is 0 Å². The maximum atomic E-state index is 13.0. The van der Waals surface area contributed by atoms with Crippen LogP contribution in [0.1, 0.15) is 130 Å². The molecule has 0 unspecified atom stereocenters. The molecule has 216 valence electrons. The van der Waals surface area contributed by atoms with E-state index in [0.717, 1.165) is 37.0 Å². The summed E-state index contributed by atoms with van der Waals surface area (Å²) in [5.41, 5.74) is 3.50. The van der Waals surface area contributed by atoms with Gasteiger partial charge in [-0.15, -0.1) is 0 Å². The van der Waals surface area contributed by atoms with Gasteiger partial charge in [-0.1, -0.05) is 105 Å². The average molecular weight is 533 g/mol. The van der Waals surface area contributed by atoms with Crippen LogP contribution in [0, 0.1) is 51.2 Å². The van der Waals surface area contributed by atoms with Gasteiger partial charge in [-0.25, -0.2) is 4.79 Å². The summed E-state index contributed by atoms with van der Waals surface area (Å²) < 4.78 is 6.26. The molecular formula is C37H56O2. The highest BCUT2D eigenvalue weighted by molar-refractivity contribution is 5.89. The highest BCUT2D eigenvalue weighted by Gasteiger charge is 2.65. The molecule has 4 aliphatic rings. The van der Waals surface area contributed by atoms with Crippen LogP contribution in [0.5, 0.6) is 0 Å². The number of ether oxygens (including phenoxy) is 1. The van der Waals surface area contributed by atoms with Crippen LogP contribution in [0.3, 0.4) is 0 Å². The smallest absolute Gasteiger partial charge is 0.338 e. The molecule has 0 saturated heterocycles. The van der Waals surface area contributed by atoms with Gasteiger partial charge in [0.1, 0.15) is 6.10 Å². The van der Waals surface area contributed by atoms with Gasteiger partial charge in [0.05, 0.1) is 5.56 Å². The van der Waals surface area contributed by atoms with E-state index in [-0.39, 0.29) is 22.9 Å². The molecule has 3 saturated carbocycles. The molecule has 2 nitrogen and oxygen atoms in total. The first-order chi connectivity index (χ1) is 18.3. The van der Waals surface area contributed by atoms with Crippen LogP contribution in [-0.2, 0) is 4.74 Å². The Hall–Kier alpha value is -1.57. The molecule has 4 aliphatic carbocycles. The second-order valence-corrected chi connectivity index (χ2v) is 15.9. The van der Waals surface area contributed by atoms with Crippen molar-refractivity contribution in [3.63, 3.8) is 0 Å². The third kappa shape index (κ3) is 4.64. The summed E-state index contributed by atoms with van der Waals surface area (Å²) in [6.45, 7) is 20.0. The zero-order valence-corrected chi connectivity index (χ0v) is 26.3. The summed E-state index contributed by atoms with van der Waals surface area (Å²) in [5, 5.41) is 0. The van der Waals surface area contributed by atoms with Crippen molar-refractivity contribution in [2.75, 3.05) is 0 Å². The molecule has 3 fully saturated rings. The average Bonchev–Trinajstić information content (AvgIpc) is 3.17. The molecule has 0 bridgehead atoms. The second kappa shape index (κ2) is 10.4. The summed E-state index contributed by atoms with van der Waals surface area (Å²) in [5.74, 6) is 3.56. The normalized spacial score (nSPS) is 39.8. The maximum Gasteiger partial charge on any atom is 0.338 e. The maximum absolute atomic E-state index is 13.0. The van der Waals surface area contributed by atoms with E-state index >= 15 is 0 Å². The summed E-state index contributed by atoms with van der Waals surface area (Å²) in [7, 11) is 0. The molecule has 8 atom stereocenters. The first-order valence-corrected chi connectivity index (χ1v) is 16.3. The van der Waals surface area contributed by atoms with Gasteiger partial charge in [0.2, 0.25) is 0 Å². The minimum atomic E-state index is -0.162. The quantitative estimate of drug-likeness (QED) is 0.258. The SMILES string of the molecule is CC(C)CCC[C@@H](C)[C@H]1CC[C@@]2(C)C3=CC[C@H]4C(C)(C)[C@@H](OC(=O)c5ccccc5)CC[C@]4(C)[C@H]3CC[C@]12C. The minimum absolute atomic E-state index is 0.0229. The van der Waals surface area contributed by atoms with E-state index in [0.29, 0.717) is 28.2 Å². The zero-order valence-electron chi connectivity index (χ0n) is 26.3. The highest BCUT2D eigenvalue weighted by Crippen LogP contribution is 2.73. The lowest BCUT2D eigenvalue weighted by Crippen LogP contribution is -2.58. The topological polar surface area (TPSA) is 26.3 Å². The van der Waals surface area contributed by atoms with Gasteiger partial charge in [-0.05, 0) is 103 Å². The third-order valence-corrected chi connectivity index (χ3v) is 13.2. The van der Waals surface area contributed by atoms with E-state index in [1.165, 1.54) is 44.9 Å². The Morgan fingerprint density at radius 2 is 1.64 bits per heavy atom. The van der Waals surface area contributed by atoms with Gasteiger partial charge in [0, 0.05) is 5.41 Å². The molecule has 2 heteroatoms. The number of benzene rings is 1. The fourth-order valence-electron chi connectivity index (χ4n) is 10.7. The Kier molecular flexibility index (Phi) is 7.69. The van der Waals surface area contributed by atoms with Crippen molar-refractivity contribution in [1.29, 1.82) is 0 Å². The zero-order chi connectivity index (χ0) is 28.2. The molecule has 1 aromatic carbocycles. The molecule has 0 aliphatic heterocycles. The Balaban J connectivity index is 1.36. The third-order valence-electron chi connectivity index (χ3n) is 13.2. The summed E-state index contributed by atoms with van der Waals surface area (Å²) in [6, 6.07) is 9.54. The predicted molar refractivity (Wildman–Crippen MR) is 162 cm³/mol. The molecule has 0 aromatic heterocycles. The van der Waals surface area contributed by atoms with Gasteiger partial charge < -0.3 is 4.74 Å². The number of esters is 1. The van der Waals surface area contributed by atoms with E-state index in [4.69, 9.17) is 4.74 Å². The second-order valence-electron chi connectivity index (χ2n) is 15.9. The fourth-order valence-corrected chi connectivity index (χ4v) is 10.7. The number of carbonyl (C=O) groups is 1. The van der Waals surface area contributed by atoms with Crippen molar-refractivity contribution < 1.29 is 9.53 Å². The summed E-state index contributed by atoms with van der Waals surface area (Å²) >= 11 is 0. The lowest BCUT2D eigenvalue weighted by Gasteiger charge is -2.64.